The number of aryl methyl sites for hydroxylation is 1. The van der Waals surface area contributed by atoms with Crippen molar-refractivity contribution < 1.29 is 0 Å². The van der Waals surface area contributed by atoms with Gasteiger partial charge in [-0.25, -0.2) is 4.98 Å². The molecular formula is C16H18N4. The summed E-state index contributed by atoms with van der Waals surface area (Å²) < 4.78 is 2.06. The lowest BCUT2D eigenvalue weighted by Gasteiger charge is -2.20. The number of hydrogen-bond acceptors (Lipinski definition) is 3. The van der Waals surface area contributed by atoms with Gasteiger partial charge in [0.25, 0.3) is 0 Å². The number of nitrogens with zero attached hydrogens (tertiary/aromatic N) is 3. The van der Waals surface area contributed by atoms with Crippen molar-refractivity contribution in [2.24, 2.45) is 7.05 Å². The van der Waals surface area contributed by atoms with Gasteiger partial charge in [-0.1, -0.05) is 25.1 Å². The number of imidazole rings is 1. The fraction of sp³-hybridized carbons (Fsp3) is 0.250. The van der Waals surface area contributed by atoms with Crippen molar-refractivity contribution in [3.8, 4) is 0 Å². The lowest BCUT2D eigenvalue weighted by atomic mass is 9.98. The van der Waals surface area contributed by atoms with Crippen molar-refractivity contribution in [1.82, 2.24) is 19.9 Å². The highest BCUT2D eigenvalue weighted by atomic mass is 15.1. The van der Waals surface area contributed by atoms with Crippen LogP contribution in [0.5, 0.6) is 0 Å². The smallest absolute Gasteiger partial charge is 0.0946 e. The molecule has 3 aromatic rings. The predicted octanol–water partition coefficient (Wildman–Crippen LogP) is 2.67. The first-order valence-corrected chi connectivity index (χ1v) is 6.83. The van der Waals surface area contributed by atoms with Gasteiger partial charge in [0.1, 0.15) is 0 Å². The third kappa shape index (κ3) is 2.18. The van der Waals surface area contributed by atoms with Crippen LogP contribution in [0.25, 0.3) is 10.8 Å². The minimum absolute atomic E-state index is 0.125. The van der Waals surface area contributed by atoms with E-state index in [0.29, 0.717) is 0 Å². The van der Waals surface area contributed by atoms with Crippen LogP contribution >= 0.6 is 0 Å². The highest BCUT2D eigenvalue weighted by Gasteiger charge is 2.18. The molecule has 0 amide bonds. The highest BCUT2D eigenvalue weighted by molar-refractivity contribution is 5.85. The van der Waals surface area contributed by atoms with Crippen LogP contribution in [-0.4, -0.2) is 21.1 Å². The van der Waals surface area contributed by atoms with Gasteiger partial charge < -0.3 is 9.88 Å². The van der Waals surface area contributed by atoms with Crippen LogP contribution in [0.1, 0.15) is 24.2 Å². The topological polar surface area (TPSA) is 42.7 Å². The first-order valence-electron chi connectivity index (χ1n) is 6.83. The van der Waals surface area contributed by atoms with Crippen LogP contribution in [0.4, 0.5) is 0 Å². The fourth-order valence-electron chi connectivity index (χ4n) is 2.61. The van der Waals surface area contributed by atoms with E-state index in [4.69, 9.17) is 0 Å². The summed E-state index contributed by atoms with van der Waals surface area (Å²) in [4.78, 5) is 8.51. The summed E-state index contributed by atoms with van der Waals surface area (Å²) in [6.45, 7) is 3.01. The second-order valence-electron chi connectivity index (χ2n) is 4.86. The van der Waals surface area contributed by atoms with Gasteiger partial charge in [0.2, 0.25) is 0 Å². The Morgan fingerprint density at radius 1 is 1.20 bits per heavy atom. The van der Waals surface area contributed by atoms with Gasteiger partial charge >= 0.3 is 0 Å². The molecule has 1 unspecified atom stereocenters. The van der Waals surface area contributed by atoms with Crippen LogP contribution in [0.2, 0.25) is 0 Å². The van der Waals surface area contributed by atoms with Crippen LogP contribution in [0, 0.1) is 0 Å². The number of hydrogen-bond donors (Lipinski definition) is 1. The average molecular weight is 266 g/mol. The quantitative estimate of drug-likeness (QED) is 0.789. The zero-order valence-electron chi connectivity index (χ0n) is 11.7. The number of nitrogens with one attached hydrogen (secondary N) is 1. The first-order chi connectivity index (χ1) is 9.81. The Balaban J connectivity index is 2.17. The Morgan fingerprint density at radius 2 is 2.10 bits per heavy atom. The van der Waals surface area contributed by atoms with Crippen molar-refractivity contribution in [3.05, 3.63) is 60.4 Å². The molecule has 0 saturated carbocycles. The van der Waals surface area contributed by atoms with Gasteiger partial charge in [0.05, 0.1) is 24.3 Å². The fourth-order valence-corrected chi connectivity index (χ4v) is 2.61. The number of benzene rings is 1. The van der Waals surface area contributed by atoms with Crippen molar-refractivity contribution in [1.29, 1.82) is 0 Å². The summed E-state index contributed by atoms with van der Waals surface area (Å²) in [6.07, 6.45) is 7.52. The molecule has 2 aromatic heterocycles. The molecule has 1 N–H and O–H groups in total. The van der Waals surface area contributed by atoms with E-state index in [1.165, 1.54) is 16.3 Å². The van der Waals surface area contributed by atoms with Gasteiger partial charge in [-0.05, 0) is 23.6 Å². The molecule has 4 heteroatoms. The number of fused-ring (bicyclic) bond motifs is 1. The van der Waals surface area contributed by atoms with E-state index >= 15 is 0 Å². The maximum atomic E-state index is 4.27. The summed E-state index contributed by atoms with van der Waals surface area (Å²) >= 11 is 0. The Bertz CT molecular complexity index is 712. The van der Waals surface area contributed by atoms with Gasteiger partial charge in [-0.2, -0.15) is 0 Å². The van der Waals surface area contributed by atoms with Gasteiger partial charge in [0, 0.05) is 24.8 Å². The van der Waals surface area contributed by atoms with E-state index < -0.39 is 0 Å². The Labute approximate surface area is 118 Å². The van der Waals surface area contributed by atoms with Crippen LogP contribution in [-0.2, 0) is 7.05 Å². The van der Waals surface area contributed by atoms with Crippen molar-refractivity contribution in [2.75, 3.05) is 6.54 Å². The molecule has 20 heavy (non-hydrogen) atoms. The molecule has 102 valence electrons. The third-order valence-corrected chi connectivity index (χ3v) is 3.59. The summed E-state index contributed by atoms with van der Waals surface area (Å²) in [5.41, 5.74) is 2.39. The molecule has 0 saturated heterocycles. The molecule has 0 radical (unpaired) electrons. The SMILES string of the molecule is CCNC(c1cccc2ccncc12)c1cncn1C. The summed E-state index contributed by atoms with van der Waals surface area (Å²) in [7, 11) is 2.02. The maximum absolute atomic E-state index is 4.27. The van der Waals surface area contributed by atoms with Crippen molar-refractivity contribution >= 4 is 10.8 Å². The van der Waals surface area contributed by atoms with Gasteiger partial charge in [-0.15, -0.1) is 0 Å². The van der Waals surface area contributed by atoms with Crippen LogP contribution in [0.15, 0.2) is 49.2 Å². The maximum Gasteiger partial charge on any atom is 0.0946 e. The Morgan fingerprint density at radius 3 is 2.85 bits per heavy atom. The first kappa shape index (κ1) is 12.8. The molecule has 0 aliphatic carbocycles. The Kier molecular flexibility index (Phi) is 3.48. The average Bonchev–Trinajstić information content (AvgIpc) is 2.90. The molecule has 3 rings (SSSR count). The number of pyridine rings is 1. The second kappa shape index (κ2) is 5.43. The lowest BCUT2D eigenvalue weighted by Crippen LogP contribution is -2.24. The normalized spacial score (nSPS) is 12.7. The zero-order valence-corrected chi connectivity index (χ0v) is 11.7. The van der Waals surface area contributed by atoms with E-state index in [2.05, 4.69) is 45.0 Å². The number of aromatic nitrogens is 3. The van der Waals surface area contributed by atoms with Crippen molar-refractivity contribution in [2.45, 2.75) is 13.0 Å². The van der Waals surface area contributed by atoms with E-state index in [0.717, 1.165) is 12.2 Å². The molecule has 0 spiro atoms. The molecule has 4 nitrogen and oxygen atoms in total. The van der Waals surface area contributed by atoms with Gasteiger partial charge in [-0.3, -0.25) is 4.98 Å². The predicted molar refractivity (Wildman–Crippen MR) is 80.5 cm³/mol. The summed E-state index contributed by atoms with van der Waals surface area (Å²) in [5.74, 6) is 0. The number of rotatable bonds is 4. The highest BCUT2D eigenvalue weighted by Crippen LogP contribution is 2.28. The molecule has 0 aliphatic rings. The summed E-state index contributed by atoms with van der Waals surface area (Å²) in [6, 6.07) is 8.54. The molecular weight excluding hydrogens is 248 g/mol. The van der Waals surface area contributed by atoms with E-state index in [1.54, 1.807) is 0 Å². The van der Waals surface area contributed by atoms with E-state index in [9.17, 15) is 0 Å². The third-order valence-electron chi connectivity index (χ3n) is 3.59. The zero-order chi connectivity index (χ0) is 13.9. The summed E-state index contributed by atoms with van der Waals surface area (Å²) in [5, 5.41) is 5.94. The van der Waals surface area contributed by atoms with E-state index in [-0.39, 0.29) is 6.04 Å². The molecule has 0 aliphatic heterocycles. The molecule has 0 bridgehead atoms. The standard InChI is InChI=1S/C16H18N4/c1-3-19-16(15-10-18-11-20(15)2)13-6-4-5-12-7-8-17-9-14(12)13/h4-11,16,19H,3H2,1-2H3. The van der Waals surface area contributed by atoms with E-state index in [1.807, 2.05) is 38.0 Å². The minimum atomic E-state index is 0.125. The molecule has 0 fully saturated rings. The van der Waals surface area contributed by atoms with Crippen molar-refractivity contribution in [3.63, 3.8) is 0 Å². The molecule has 1 atom stereocenters. The minimum Gasteiger partial charge on any atom is -0.336 e. The van der Waals surface area contributed by atoms with Crippen LogP contribution in [0.3, 0.4) is 0 Å². The Hall–Kier alpha value is -2.20. The lowest BCUT2D eigenvalue weighted by molar-refractivity contribution is 0.597. The molecule has 2 heterocycles. The largest absolute Gasteiger partial charge is 0.336 e. The monoisotopic (exact) mass is 266 g/mol. The second-order valence-corrected chi connectivity index (χ2v) is 4.86. The molecule has 1 aromatic carbocycles. The van der Waals surface area contributed by atoms with Gasteiger partial charge in [0.15, 0.2) is 0 Å². The van der Waals surface area contributed by atoms with Crippen LogP contribution < -0.4 is 5.32 Å².